The van der Waals surface area contributed by atoms with Crippen LogP contribution in [0.2, 0.25) is 0 Å². The SMILES string of the molecule is C=C(C)c1c(NC)ccnc1C. The number of allylic oxidation sites excluding steroid dienone is 1. The van der Waals surface area contributed by atoms with Crippen LogP contribution in [0.15, 0.2) is 18.8 Å². The molecular formula is C10H14N2. The molecule has 0 amide bonds. The number of pyridine rings is 1. The molecule has 0 aromatic carbocycles. The summed E-state index contributed by atoms with van der Waals surface area (Å²) in [6.45, 7) is 7.90. The molecule has 1 aromatic rings. The Morgan fingerprint density at radius 2 is 2.25 bits per heavy atom. The molecule has 2 nitrogen and oxygen atoms in total. The van der Waals surface area contributed by atoms with E-state index in [-0.39, 0.29) is 0 Å². The van der Waals surface area contributed by atoms with Crippen molar-refractivity contribution in [1.82, 2.24) is 4.98 Å². The molecule has 1 rings (SSSR count). The molecular weight excluding hydrogens is 148 g/mol. The van der Waals surface area contributed by atoms with Gasteiger partial charge in [-0.1, -0.05) is 6.58 Å². The van der Waals surface area contributed by atoms with E-state index in [0.717, 1.165) is 22.5 Å². The second-order valence-corrected chi connectivity index (χ2v) is 2.85. The number of hydrogen-bond acceptors (Lipinski definition) is 2. The first kappa shape index (κ1) is 8.78. The molecule has 1 N–H and O–H groups in total. The molecule has 64 valence electrons. The zero-order valence-corrected chi connectivity index (χ0v) is 7.81. The minimum atomic E-state index is 1.02. The maximum atomic E-state index is 4.21. The molecule has 0 aliphatic carbocycles. The van der Waals surface area contributed by atoms with Gasteiger partial charge in [0.2, 0.25) is 0 Å². The van der Waals surface area contributed by atoms with Crippen LogP contribution < -0.4 is 5.32 Å². The largest absolute Gasteiger partial charge is 0.388 e. The van der Waals surface area contributed by atoms with E-state index in [4.69, 9.17) is 0 Å². The summed E-state index contributed by atoms with van der Waals surface area (Å²) in [6.07, 6.45) is 1.80. The molecule has 0 unspecified atom stereocenters. The first-order valence-electron chi connectivity index (χ1n) is 3.96. The van der Waals surface area contributed by atoms with Gasteiger partial charge in [0, 0.05) is 30.2 Å². The van der Waals surface area contributed by atoms with Crippen LogP contribution in [0.25, 0.3) is 5.57 Å². The number of nitrogens with one attached hydrogen (secondary N) is 1. The average molecular weight is 162 g/mol. The first-order valence-corrected chi connectivity index (χ1v) is 3.96. The number of rotatable bonds is 2. The summed E-state index contributed by atoms with van der Waals surface area (Å²) in [5, 5.41) is 3.12. The lowest BCUT2D eigenvalue weighted by molar-refractivity contribution is 1.18. The van der Waals surface area contributed by atoms with Crippen molar-refractivity contribution in [1.29, 1.82) is 0 Å². The summed E-state index contributed by atoms with van der Waals surface area (Å²) in [6, 6.07) is 1.96. The highest BCUT2D eigenvalue weighted by molar-refractivity contribution is 5.74. The quantitative estimate of drug-likeness (QED) is 0.722. The predicted molar refractivity (Wildman–Crippen MR) is 53.2 cm³/mol. The second kappa shape index (κ2) is 3.39. The van der Waals surface area contributed by atoms with E-state index in [9.17, 15) is 0 Å². The van der Waals surface area contributed by atoms with Gasteiger partial charge in [0.15, 0.2) is 0 Å². The molecule has 0 saturated heterocycles. The van der Waals surface area contributed by atoms with E-state index in [1.807, 2.05) is 27.0 Å². The zero-order chi connectivity index (χ0) is 9.14. The van der Waals surface area contributed by atoms with Gasteiger partial charge in [-0.25, -0.2) is 0 Å². The predicted octanol–water partition coefficient (Wildman–Crippen LogP) is 2.46. The third kappa shape index (κ3) is 1.47. The Labute approximate surface area is 73.3 Å². The molecule has 0 saturated carbocycles. The van der Waals surface area contributed by atoms with Crippen LogP contribution >= 0.6 is 0 Å². The lowest BCUT2D eigenvalue weighted by Gasteiger charge is -2.10. The van der Waals surface area contributed by atoms with Crippen LogP contribution in [0.4, 0.5) is 5.69 Å². The van der Waals surface area contributed by atoms with Crippen molar-refractivity contribution in [2.45, 2.75) is 13.8 Å². The van der Waals surface area contributed by atoms with E-state index >= 15 is 0 Å². The van der Waals surface area contributed by atoms with Crippen molar-refractivity contribution in [3.05, 3.63) is 30.1 Å². The summed E-state index contributed by atoms with van der Waals surface area (Å²) >= 11 is 0. The van der Waals surface area contributed by atoms with E-state index in [1.165, 1.54) is 0 Å². The van der Waals surface area contributed by atoms with Gasteiger partial charge in [-0.2, -0.15) is 0 Å². The van der Waals surface area contributed by atoms with Crippen molar-refractivity contribution in [2.75, 3.05) is 12.4 Å². The Bertz CT molecular complexity index is 303. The molecule has 1 aromatic heterocycles. The fourth-order valence-corrected chi connectivity index (χ4v) is 1.31. The summed E-state index contributed by atoms with van der Waals surface area (Å²) in [5.41, 5.74) is 4.29. The minimum absolute atomic E-state index is 1.02. The lowest BCUT2D eigenvalue weighted by atomic mass is 10.1. The molecule has 0 atom stereocenters. The third-order valence-corrected chi connectivity index (χ3v) is 1.84. The number of anilines is 1. The highest BCUT2D eigenvalue weighted by Crippen LogP contribution is 2.23. The highest BCUT2D eigenvalue weighted by Gasteiger charge is 2.04. The summed E-state index contributed by atoms with van der Waals surface area (Å²) < 4.78 is 0. The molecule has 0 bridgehead atoms. The van der Waals surface area contributed by atoms with Crippen LogP contribution in [-0.4, -0.2) is 12.0 Å². The molecule has 0 aliphatic heterocycles. The minimum Gasteiger partial charge on any atom is -0.388 e. The third-order valence-electron chi connectivity index (χ3n) is 1.84. The van der Waals surface area contributed by atoms with E-state index in [0.29, 0.717) is 0 Å². The smallest absolute Gasteiger partial charge is 0.0468 e. The van der Waals surface area contributed by atoms with Gasteiger partial charge in [0.1, 0.15) is 0 Å². The van der Waals surface area contributed by atoms with Crippen LogP contribution in [0.1, 0.15) is 18.2 Å². The Balaban J connectivity index is 3.29. The average Bonchev–Trinajstić information content (AvgIpc) is 2.03. The zero-order valence-electron chi connectivity index (χ0n) is 7.81. The standard InChI is InChI=1S/C10H14N2/c1-7(2)10-8(3)12-6-5-9(10)11-4/h5-6H,1H2,2-4H3,(H,11,12). The Morgan fingerprint density at radius 3 is 2.67 bits per heavy atom. The van der Waals surface area contributed by atoms with Crippen LogP contribution in [-0.2, 0) is 0 Å². The first-order chi connectivity index (χ1) is 5.66. The summed E-state index contributed by atoms with van der Waals surface area (Å²) in [5.74, 6) is 0. The molecule has 12 heavy (non-hydrogen) atoms. The van der Waals surface area contributed by atoms with Crippen LogP contribution in [0, 0.1) is 6.92 Å². The van der Waals surface area contributed by atoms with Gasteiger partial charge in [0.05, 0.1) is 0 Å². The lowest BCUT2D eigenvalue weighted by Crippen LogP contribution is -1.97. The molecule has 2 heteroatoms. The maximum absolute atomic E-state index is 4.21. The number of aromatic nitrogens is 1. The van der Waals surface area contributed by atoms with Gasteiger partial charge in [-0.05, 0) is 25.5 Å². The molecule has 0 aliphatic rings. The van der Waals surface area contributed by atoms with Gasteiger partial charge in [0.25, 0.3) is 0 Å². The van der Waals surface area contributed by atoms with Gasteiger partial charge >= 0.3 is 0 Å². The topological polar surface area (TPSA) is 24.9 Å². The monoisotopic (exact) mass is 162 g/mol. The summed E-state index contributed by atoms with van der Waals surface area (Å²) in [4.78, 5) is 4.21. The van der Waals surface area contributed by atoms with Crippen LogP contribution in [0.3, 0.4) is 0 Å². The Kier molecular flexibility index (Phi) is 2.48. The van der Waals surface area contributed by atoms with Crippen molar-refractivity contribution in [2.24, 2.45) is 0 Å². The van der Waals surface area contributed by atoms with Crippen molar-refractivity contribution >= 4 is 11.3 Å². The molecule has 0 spiro atoms. The van der Waals surface area contributed by atoms with E-state index < -0.39 is 0 Å². The maximum Gasteiger partial charge on any atom is 0.0468 e. The van der Waals surface area contributed by atoms with Crippen molar-refractivity contribution in [3.63, 3.8) is 0 Å². The highest BCUT2D eigenvalue weighted by atomic mass is 14.8. The normalized spacial score (nSPS) is 9.58. The Hall–Kier alpha value is -1.31. The van der Waals surface area contributed by atoms with Crippen molar-refractivity contribution < 1.29 is 0 Å². The van der Waals surface area contributed by atoms with E-state index in [2.05, 4.69) is 16.9 Å². The van der Waals surface area contributed by atoms with Crippen molar-refractivity contribution in [3.8, 4) is 0 Å². The molecule has 0 radical (unpaired) electrons. The molecule has 1 heterocycles. The number of aryl methyl sites for hydroxylation is 1. The second-order valence-electron chi connectivity index (χ2n) is 2.85. The fourth-order valence-electron chi connectivity index (χ4n) is 1.31. The Morgan fingerprint density at radius 1 is 1.58 bits per heavy atom. The fraction of sp³-hybridized carbons (Fsp3) is 0.300. The van der Waals surface area contributed by atoms with E-state index in [1.54, 1.807) is 6.20 Å². The van der Waals surface area contributed by atoms with Crippen LogP contribution in [0.5, 0.6) is 0 Å². The number of hydrogen-bond donors (Lipinski definition) is 1. The van der Waals surface area contributed by atoms with Gasteiger partial charge in [-0.3, -0.25) is 4.98 Å². The number of nitrogens with zero attached hydrogens (tertiary/aromatic N) is 1. The summed E-state index contributed by atoms with van der Waals surface area (Å²) in [7, 11) is 1.90. The van der Waals surface area contributed by atoms with Gasteiger partial charge in [-0.15, -0.1) is 0 Å². The molecule has 0 fully saturated rings. The van der Waals surface area contributed by atoms with Gasteiger partial charge < -0.3 is 5.32 Å².